The maximum Gasteiger partial charge on any atom is 0.265 e. The van der Waals surface area contributed by atoms with Crippen LogP contribution in [0, 0.1) is 13.8 Å². The molecule has 0 fully saturated rings. The lowest BCUT2D eigenvalue weighted by Crippen LogP contribution is -2.30. The van der Waals surface area contributed by atoms with Gasteiger partial charge in [-0.3, -0.25) is 4.79 Å². The fourth-order valence-corrected chi connectivity index (χ4v) is 2.43. The largest absolute Gasteiger partial charge is 0.481 e. The molecule has 1 amide bonds. The Kier molecular flexibility index (Phi) is 5.43. The molecule has 23 heavy (non-hydrogen) atoms. The van der Waals surface area contributed by atoms with Crippen molar-refractivity contribution in [2.45, 2.75) is 46.6 Å². The Balaban J connectivity index is 2.11. The number of hydrogen-bond donors (Lipinski definition) is 1. The maximum absolute atomic E-state index is 12.4. The molecular weight excluding hydrogens is 286 g/mol. The summed E-state index contributed by atoms with van der Waals surface area (Å²) >= 11 is 0. The van der Waals surface area contributed by atoms with E-state index < -0.39 is 6.10 Å². The van der Waals surface area contributed by atoms with Gasteiger partial charge in [0, 0.05) is 5.69 Å². The molecular formula is C20H25NO2. The van der Waals surface area contributed by atoms with Crippen molar-refractivity contribution < 1.29 is 9.53 Å². The number of carbonyl (C=O) groups is 1. The molecule has 0 heterocycles. The van der Waals surface area contributed by atoms with Gasteiger partial charge >= 0.3 is 0 Å². The number of amides is 1. The van der Waals surface area contributed by atoms with Crippen molar-refractivity contribution in [1.29, 1.82) is 0 Å². The van der Waals surface area contributed by atoms with Gasteiger partial charge in [-0.25, -0.2) is 0 Å². The van der Waals surface area contributed by atoms with Crippen LogP contribution in [0.1, 0.15) is 43.4 Å². The summed E-state index contributed by atoms with van der Waals surface area (Å²) in [5.41, 5.74) is 4.14. The van der Waals surface area contributed by atoms with E-state index in [9.17, 15) is 4.79 Å². The van der Waals surface area contributed by atoms with Crippen molar-refractivity contribution in [2.75, 3.05) is 5.32 Å². The van der Waals surface area contributed by atoms with E-state index in [1.807, 2.05) is 44.2 Å². The first-order valence-corrected chi connectivity index (χ1v) is 8.01. The monoisotopic (exact) mass is 311 g/mol. The molecule has 0 saturated carbocycles. The fourth-order valence-electron chi connectivity index (χ4n) is 2.43. The molecule has 3 heteroatoms. The summed E-state index contributed by atoms with van der Waals surface area (Å²) in [6.45, 7) is 10.0. The minimum absolute atomic E-state index is 0.146. The number of nitrogens with one attached hydrogen (secondary N) is 1. The van der Waals surface area contributed by atoms with Crippen LogP contribution in [-0.4, -0.2) is 12.0 Å². The third-order valence-corrected chi connectivity index (χ3v) is 3.75. The fraction of sp³-hybridized carbons (Fsp3) is 0.350. The van der Waals surface area contributed by atoms with Crippen LogP contribution in [0.15, 0.2) is 42.5 Å². The number of rotatable bonds is 5. The third kappa shape index (κ3) is 4.59. The third-order valence-electron chi connectivity index (χ3n) is 3.75. The van der Waals surface area contributed by atoms with Crippen molar-refractivity contribution in [1.82, 2.24) is 0 Å². The molecule has 2 aromatic carbocycles. The van der Waals surface area contributed by atoms with Gasteiger partial charge in [-0.2, -0.15) is 0 Å². The van der Waals surface area contributed by atoms with Crippen LogP contribution in [-0.2, 0) is 4.79 Å². The molecule has 0 unspecified atom stereocenters. The average Bonchev–Trinajstić information content (AvgIpc) is 2.46. The van der Waals surface area contributed by atoms with Gasteiger partial charge in [-0.15, -0.1) is 0 Å². The first-order valence-electron chi connectivity index (χ1n) is 8.01. The topological polar surface area (TPSA) is 38.3 Å². The predicted octanol–water partition coefficient (Wildman–Crippen LogP) is 4.83. The summed E-state index contributed by atoms with van der Waals surface area (Å²) in [5.74, 6) is 0.983. The van der Waals surface area contributed by atoms with Crippen LogP contribution in [0.5, 0.6) is 5.75 Å². The summed E-state index contributed by atoms with van der Waals surface area (Å²) in [4.78, 5) is 12.4. The van der Waals surface area contributed by atoms with Gasteiger partial charge in [0.1, 0.15) is 5.75 Å². The average molecular weight is 311 g/mol. The minimum atomic E-state index is -0.560. The number of ether oxygens (including phenoxy) is 1. The molecule has 0 bridgehead atoms. The zero-order valence-electron chi connectivity index (χ0n) is 14.5. The quantitative estimate of drug-likeness (QED) is 0.858. The zero-order chi connectivity index (χ0) is 17.0. The molecule has 3 nitrogen and oxygen atoms in total. The highest BCUT2D eigenvalue weighted by molar-refractivity contribution is 5.94. The van der Waals surface area contributed by atoms with Crippen LogP contribution in [0.2, 0.25) is 0 Å². The van der Waals surface area contributed by atoms with Gasteiger partial charge in [0.25, 0.3) is 5.91 Å². The second kappa shape index (κ2) is 7.32. The molecule has 0 aliphatic heterocycles. The smallest absolute Gasteiger partial charge is 0.265 e. The number of anilines is 1. The van der Waals surface area contributed by atoms with E-state index in [4.69, 9.17) is 4.74 Å². The zero-order valence-corrected chi connectivity index (χ0v) is 14.5. The first kappa shape index (κ1) is 17.1. The van der Waals surface area contributed by atoms with Crippen molar-refractivity contribution in [2.24, 2.45) is 0 Å². The number of hydrogen-bond acceptors (Lipinski definition) is 2. The number of carbonyl (C=O) groups excluding carboxylic acids is 1. The van der Waals surface area contributed by atoms with Crippen LogP contribution in [0.25, 0.3) is 0 Å². The lowest BCUT2D eigenvalue weighted by Gasteiger charge is -2.19. The van der Waals surface area contributed by atoms with Crippen molar-refractivity contribution in [3.63, 3.8) is 0 Å². The van der Waals surface area contributed by atoms with Gasteiger partial charge in [0.15, 0.2) is 6.10 Å². The molecule has 0 saturated heterocycles. The van der Waals surface area contributed by atoms with Crippen LogP contribution in [0.4, 0.5) is 5.69 Å². The van der Waals surface area contributed by atoms with E-state index in [1.54, 1.807) is 6.92 Å². The van der Waals surface area contributed by atoms with Gasteiger partial charge in [-0.05, 0) is 61.6 Å². The standard InChI is InChI=1S/C20H25NO2/c1-13(2)18-10-9-15(4)12-19(18)23-16(5)20(22)21-17-8-6-7-14(3)11-17/h6-13,16H,1-5H3,(H,21,22)/t16-/m0/s1. The van der Waals surface area contributed by atoms with E-state index >= 15 is 0 Å². The molecule has 1 atom stereocenters. The van der Waals surface area contributed by atoms with Crippen molar-refractivity contribution in [3.8, 4) is 5.75 Å². The van der Waals surface area contributed by atoms with Gasteiger partial charge in [0.2, 0.25) is 0 Å². The minimum Gasteiger partial charge on any atom is -0.481 e. The Morgan fingerprint density at radius 2 is 1.70 bits per heavy atom. The Hall–Kier alpha value is -2.29. The van der Waals surface area contributed by atoms with Gasteiger partial charge < -0.3 is 10.1 Å². The van der Waals surface area contributed by atoms with Crippen LogP contribution in [0.3, 0.4) is 0 Å². The molecule has 0 radical (unpaired) electrons. The van der Waals surface area contributed by atoms with E-state index in [0.717, 1.165) is 28.1 Å². The summed E-state index contributed by atoms with van der Waals surface area (Å²) in [5, 5.41) is 2.90. The normalized spacial score (nSPS) is 12.1. The molecule has 2 aromatic rings. The molecule has 2 rings (SSSR count). The van der Waals surface area contributed by atoms with Crippen LogP contribution < -0.4 is 10.1 Å². The lowest BCUT2D eigenvalue weighted by atomic mass is 10.0. The summed E-state index contributed by atoms with van der Waals surface area (Å²) in [6.07, 6.45) is -0.560. The SMILES string of the molecule is Cc1cccc(NC(=O)[C@H](C)Oc2cc(C)ccc2C(C)C)c1. The maximum atomic E-state index is 12.4. The van der Waals surface area contributed by atoms with Crippen molar-refractivity contribution in [3.05, 3.63) is 59.2 Å². The highest BCUT2D eigenvalue weighted by atomic mass is 16.5. The van der Waals surface area contributed by atoms with Gasteiger partial charge in [-0.1, -0.05) is 38.1 Å². The number of aryl methyl sites for hydroxylation is 2. The molecule has 0 aliphatic carbocycles. The Bertz CT molecular complexity index is 692. The predicted molar refractivity (Wildman–Crippen MR) is 95.2 cm³/mol. The lowest BCUT2D eigenvalue weighted by molar-refractivity contribution is -0.122. The van der Waals surface area contributed by atoms with Crippen molar-refractivity contribution >= 4 is 11.6 Å². The highest BCUT2D eigenvalue weighted by Crippen LogP contribution is 2.28. The summed E-state index contributed by atoms with van der Waals surface area (Å²) in [7, 11) is 0. The molecule has 0 spiro atoms. The summed E-state index contributed by atoms with van der Waals surface area (Å²) < 4.78 is 5.94. The molecule has 0 aliphatic rings. The molecule has 0 aromatic heterocycles. The highest BCUT2D eigenvalue weighted by Gasteiger charge is 2.17. The van der Waals surface area contributed by atoms with Gasteiger partial charge in [0.05, 0.1) is 0 Å². The Morgan fingerprint density at radius 1 is 1.00 bits per heavy atom. The Labute approximate surface area is 138 Å². The molecule has 122 valence electrons. The van der Waals surface area contributed by atoms with E-state index in [0.29, 0.717) is 5.92 Å². The van der Waals surface area contributed by atoms with Crippen LogP contribution >= 0.6 is 0 Å². The Morgan fingerprint density at radius 3 is 2.35 bits per heavy atom. The number of benzene rings is 2. The second-order valence-electron chi connectivity index (χ2n) is 6.31. The second-order valence-corrected chi connectivity index (χ2v) is 6.31. The first-order chi connectivity index (χ1) is 10.9. The van der Waals surface area contributed by atoms with E-state index in [1.165, 1.54) is 0 Å². The van der Waals surface area contributed by atoms with E-state index in [2.05, 4.69) is 31.3 Å². The van der Waals surface area contributed by atoms with E-state index in [-0.39, 0.29) is 5.91 Å². The molecule has 1 N–H and O–H groups in total. The summed E-state index contributed by atoms with van der Waals surface area (Å²) in [6, 6.07) is 13.9.